The van der Waals surface area contributed by atoms with Crippen LogP contribution in [0.2, 0.25) is 0 Å². The van der Waals surface area contributed by atoms with Gasteiger partial charge in [-0.05, 0) is 51.9 Å². The van der Waals surface area contributed by atoms with Gasteiger partial charge in [-0.25, -0.2) is 9.97 Å². The molecule has 47 heavy (non-hydrogen) atoms. The van der Waals surface area contributed by atoms with Gasteiger partial charge in [0.1, 0.15) is 17.0 Å². The van der Waals surface area contributed by atoms with Gasteiger partial charge in [-0.3, -0.25) is 9.55 Å². The Kier molecular flexibility index (Phi) is 5.28. The molecule has 0 N–H and O–H groups in total. The normalized spacial score (nSPS) is 13.7. The number of benzene rings is 6. The highest BCUT2D eigenvalue weighted by atomic mass is 16.5. The van der Waals surface area contributed by atoms with Crippen molar-refractivity contribution in [1.82, 2.24) is 19.5 Å². The van der Waals surface area contributed by atoms with E-state index in [1.165, 1.54) is 21.9 Å². The first-order chi connectivity index (χ1) is 23.1. The van der Waals surface area contributed by atoms with Gasteiger partial charge < -0.3 is 4.74 Å². The Morgan fingerprint density at radius 1 is 0.617 bits per heavy atom. The smallest absolute Gasteiger partial charge is 0.235 e. The van der Waals surface area contributed by atoms with E-state index in [1.54, 1.807) is 0 Å². The minimum absolute atomic E-state index is 0.318. The molecule has 0 aliphatic carbocycles. The van der Waals surface area contributed by atoms with Crippen LogP contribution < -0.4 is 4.74 Å². The van der Waals surface area contributed by atoms with E-state index < -0.39 is 0 Å². The summed E-state index contributed by atoms with van der Waals surface area (Å²) in [5.41, 5.74) is 6.48. The van der Waals surface area contributed by atoms with Crippen molar-refractivity contribution < 1.29 is 4.74 Å². The lowest BCUT2D eigenvalue weighted by molar-refractivity contribution is 0.424. The van der Waals surface area contributed by atoms with Gasteiger partial charge in [-0.2, -0.15) is 0 Å². The van der Waals surface area contributed by atoms with E-state index in [-0.39, 0.29) is 5.41 Å². The second kappa shape index (κ2) is 9.47. The van der Waals surface area contributed by atoms with Crippen molar-refractivity contribution >= 4 is 54.3 Å². The van der Waals surface area contributed by atoms with Crippen LogP contribution in [0, 0.1) is 0 Å². The molecule has 5 nitrogen and oxygen atoms in total. The molecule has 9 aromatic rings. The molecule has 0 saturated heterocycles. The van der Waals surface area contributed by atoms with Gasteiger partial charge >= 0.3 is 0 Å². The fourth-order valence-corrected chi connectivity index (χ4v) is 7.81. The van der Waals surface area contributed by atoms with E-state index in [4.69, 9.17) is 19.7 Å². The van der Waals surface area contributed by atoms with Crippen molar-refractivity contribution in [2.75, 3.05) is 0 Å². The summed E-state index contributed by atoms with van der Waals surface area (Å²) < 4.78 is 9.21. The van der Waals surface area contributed by atoms with Gasteiger partial charge in [0, 0.05) is 38.9 Å². The third kappa shape index (κ3) is 3.57. The number of hydrogen-bond donors (Lipinski definition) is 0. The third-order valence-corrected chi connectivity index (χ3v) is 9.86. The van der Waals surface area contributed by atoms with Crippen LogP contribution in [0.1, 0.15) is 25.0 Å². The Balaban J connectivity index is 1.41. The molecule has 0 fully saturated rings. The van der Waals surface area contributed by atoms with E-state index in [2.05, 4.69) is 122 Å². The first kappa shape index (κ1) is 26.2. The fraction of sp³-hybridized carbons (Fsp3) is 0.0714. The average Bonchev–Trinajstić information content (AvgIpc) is 3.47. The summed E-state index contributed by atoms with van der Waals surface area (Å²) in [4.78, 5) is 15.5. The van der Waals surface area contributed by atoms with Crippen LogP contribution in [0.4, 0.5) is 0 Å². The first-order valence-electron chi connectivity index (χ1n) is 16.0. The predicted octanol–water partition coefficient (Wildman–Crippen LogP) is 10.5. The summed E-state index contributed by atoms with van der Waals surface area (Å²) in [7, 11) is 0. The van der Waals surface area contributed by atoms with E-state index >= 15 is 0 Å². The largest absolute Gasteiger partial charge is 0.454 e. The maximum absolute atomic E-state index is 7.00. The zero-order valence-electron chi connectivity index (χ0n) is 25.9. The van der Waals surface area contributed by atoms with Crippen LogP contribution in [0.25, 0.3) is 71.6 Å². The molecule has 0 bridgehead atoms. The lowest BCUT2D eigenvalue weighted by atomic mass is 9.73. The minimum Gasteiger partial charge on any atom is -0.454 e. The fourth-order valence-electron chi connectivity index (χ4n) is 7.81. The van der Waals surface area contributed by atoms with Crippen LogP contribution in [0.5, 0.6) is 11.5 Å². The van der Waals surface area contributed by atoms with E-state index in [0.29, 0.717) is 5.95 Å². The monoisotopic (exact) mass is 604 g/mol. The molecule has 0 amide bonds. The summed E-state index contributed by atoms with van der Waals surface area (Å²) in [6, 6.07) is 44.3. The van der Waals surface area contributed by atoms with Crippen molar-refractivity contribution in [3.8, 4) is 28.8 Å². The molecule has 1 aliphatic heterocycles. The van der Waals surface area contributed by atoms with Crippen molar-refractivity contribution in [2.24, 2.45) is 0 Å². The number of fused-ring (bicyclic) bond motifs is 12. The molecule has 222 valence electrons. The maximum Gasteiger partial charge on any atom is 0.235 e. The van der Waals surface area contributed by atoms with Crippen LogP contribution >= 0.6 is 0 Å². The quantitative estimate of drug-likeness (QED) is 0.184. The summed E-state index contributed by atoms with van der Waals surface area (Å²) in [5, 5.41) is 7.87. The zero-order valence-corrected chi connectivity index (χ0v) is 25.9. The van der Waals surface area contributed by atoms with Gasteiger partial charge in [0.2, 0.25) is 5.95 Å². The van der Waals surface area contributed by atoms with Crippen LogP contribution in [0.15, 0.2) is 134 Å². The second-order valence-corrected chi connectivity index (χ2v) is 12.8. The highest BCUT2D eigenvalue weighted by molar-refractivity contribution is 6.24. The Morgan fingerprint density at radius 3 is 2.19 bits per heavy atom. The molecule has 5 heteroatoms. The number of aromatic nitrogens is 4. The highest BCUT2D eigenvalue weighted by Gasteiger charge is 2.38. The number of nitrogens with zero attached hydrogens (tertiary/aromatic N) is 4. The van der Waals surface area contributed by atoms with Crippen LogP contribution in [-0.4, -0.2) is 19.5 Å². The molecular weight excluding hydrogens is 576 g/mol. The van der Waals surface area contributed by atoms with E-state index in [1.807, 2.05) is 30.5 Å². The molecule has 0 radical (unpaired) electrons. The molecular formula is C42H28N4O. The Morgan fingerprint density at radius 2 is 1.34 bits per heavy atom. The van der Waals surface area contributed by atoms with Crippen LogP contribution in [0.3, 0.4) is 0 Å². The third-order valence-electron chi connectivity index (χ3n) is 9.86. The Bertz CT molecular complexity index is 2740. The SMILES string of the molecule is CC1(C)c2ccccc2Oc2c1c1ccccc1c1c3ccccc3n(-c3nc(-c4ccccn4)c4c(ccc5ccccc54)n3)c21. The van der Waals surface area contributed by atoms with Crippen molar-refractivity contribution in [3.63, 3.8) is 0 Å². The minimum atomic E-state index is -0.318. The second-order valence-electron chi connectivity index (χ2n) is 12.8. The van der Waals surface area contributed by atoms with Gasteiger partial charge in [0.05, 0.1) is 16.7 Å². The molecule has 3 aromatic heterocycles. The Hall–Kier alpha value is -6.07. The van der Waals surface area contributed by atoms with E-state index in [0.717, 1.165) is 66.4 Å². The first-order valence-corrected chi connectivity index (χ1v) is 16.0. The van der Waals surface area contributed by atoms with Gasteiger partial charge in [-0.1, -0.05) is 111 Å². The predicted molar refractivity (Wildman–Crippen MR) is 191 cm³/mol. The number of para-hydroxylation sites is 2. The van der Waals surface area contributed by atoms with E-state index in [9.17, 15) is 0 Å². The lowest BCUT2D eigenvalue weighted by Gasteiger charge is -2.36. The molecule has 6 aromatic carbocycles. The van der Waals surface area contributed by atoms with Crippen molar-refractivity contribution in [3.05, 3.63) is 145 Å². The maximum atomic E-state index is 7.00. The molecule has 1 aliphatic rings. The standard InChI is InChI=1S/C42H28N4O/c1-42(2)30-18-8-10-21-34(30)47-40-37(42)28-16-6-5-15-27(28)35-29-17-7-9-20-33(29)46(39(35)40)41-44-31-23-22-25-13-3-4-14-26(25)36(31)38(45-41)32-19-11-12-24-43-32/h3-24H,1-2H3. The van der Waals surface area contributed by atoms with Gasteiger partial charge in [-0.15, -0.1) is 0 Å². The highest BCUT2D eigenvalue weighted by Crippen LogP contribution is 2.55. The number of rotatable bonds is 2. The number of ether oxygens (including phenoxy) is 1. The topological polar surface area (TPSA) is 52.8 Å². The van der Waals surface area contributed by atoms with Gasteiger partial charge in [0.15, 0.2) is 5.75 Å². The summed E-state index contributed by atoms with van der Waals surface area (Å²) in [6.07, 6.45) is 1.82. The summed E-state index contributed by atoms with van der Waals surface area (Å²) in [5.74, 6) is 2.30. The molecule has 0 atom stereocenters. The molecule has 0 spiro atoms. The number of hydrogen-bond acceptors (Lipinski definition) is 4. The molecule has 10 rings (SSSR count). The summed E-state index contributed by atoms with van der Waals surface area (Å²) >= 11 is 0. The summed E-state index contributed by atoms with van der Waals surface area (Å²) in [6.45, 7) is 4.60. The van der Waals surface area contributed by atoms with Crippen molar-refractivity contribution in [2.45, 2.75) is 19.3 Å². The zero-order chi connectivity index (χ0) is 31.3. The van der Waals surface area contributed by atoms with Crippen molar-refractivity contribution in [1.29, 1.82) is 0 Å². The molecule has 0 unspecified atom stereocenters. The molecule has 0 saturated carbocycles. The van der Waals surface area contributed by atoms with Crippen LogP contribution in [-0.2, 0) is 5.41 Å². The van der Waals surface area contributed by atoms with Gasteiger partial charge in [0.25, 0.3) is 0 Å². The lowest BCUT2D eigenvalue weighted by Crippen LogP contribution is -2.25. The number of pyridine rings is 1. The average molecular weight is 605 g/mol. The molecule has 4 heterocycles. The Labute approximate surface area is 270 Å².